The van der Waals surface area contributed by atoms with Gasteiger partial charge in [0.05, 0.1) is 31.3 Å². The van der Waals surface area contributed by atoms with E-state index in [0.717, 1.165) is 48.3 Å². The van der Waals surface area contributed by atoms with Crippen LogP contribution in [0.4, 0.5) is 0 Å². The summed E-state index contributed by atoms with van der Waals surface area (Å²) in [6, 6.07) is 0. The number of aliphatic hydroxyl groups excluding tert-OH is 2. The SMILES string of the molecule is C=C(CO)C(=O)OCC(COC(=O)C(C)CO)OC[C@H]1CC[C@@]2(C)C(CCC3C2CC[C@@]2(C)C3CC[C@@H]2[C@H](C)CCCC(C)C)C1. The fourth-order valence-electron chi connectivity index (χ4n) is 10.7. The van der Waals surface area contributed by atoms with E-state index in [-0.39, 0.29) is 25.4 Å². The second-order valence-electron chi connectivity index (χ2n) is 16.9. The first-order chi connectivity index (χ1) is 21.8. The highest BCUT2D eigenvalue weighted by molar-refractivity contribution is 5.87. The Labute approximate surface area is 279 Å². The molecule has 0 aliphatic heterocycles. The minimum Gasteiger partial charge on any atom is -0.463 e. The molecule has 0 aromatic rings. The third-order valence-corrected chi connectivity index (χ3v) is 13.5. The minimum absolute atomic E-state index is 0.0286. The molecule has 4 saturated carbocycles. The number of carbonyl (C=O) groups is 2. The van der Waals surface area contributed by atoms with Gasteiger partial charge >= 0.3 is 11.9 Å². The lowest BCUT2D eigenvalue weighted by molar-refractivity contribution is -0.159. The van der Waals surface area contributed by atoms with Crippen molar-refractivity contribution in [3.8, 4) is 0 Å². The highest BCUT2D eigenvalue weighted by atomic mass is 16.6. The molecular formula is C39H66O7. The smallest absolute Gasteiger partial charge is 0.335 e. The largest absolute Gasteiger partial charge is 0.463 e. The highest BCUT2D eigenvalue weighted by Gasteiger charge is 2.60. The Bertz CT molecular complexity index is 1030. The van der Waals surface area contributed by atoms with Crippen LogP contribution in [0.2, 0.25) is 0 Å². The van der Waals surface area contributed by atoms with Crippen molar-refractivity contribution in [1.29, 1.82) is 0 Å². The summed E-state index contributed by atoms with van der Waals surface area (Å²) in [4.78, 5) is 24.3. The van der Waals surface area contributed by atoms with Crippen LogP contribution in [0.25, 0.3) is 0 Å². The number of hydrogen-bond donors (Lipinski definition) is 2. The van der Waals surface area contributed by atoms with Crippen LogP contribution in [0.5, 0.6) is 0 Å². The molecule has 46 heavy (non-hydrogen) atoms. The first-order valence-corrected chi connectivity index (χ1v) is 18.7. The van der Waals surface area contributed by atoms with Crippen LogP contribution in [0.15, 0.2) is 12.2 Å². The van der Waals surface area contributed by atoms with E-state index in [2.05, 4.69) is 41.2 Å². The standard InChI is InChI=1S/C39H66O7/c1-25(2)9-8-10-26(3)33-13-14-34-32-12-11-30-19-29(15-17-38(30,6)35(32)16-18-39(33,34)7)22-44-31(23-45-36(42)27(4)20-40)24-46-37(43)28(5)21-41/h25-26,28-35,40-41H,4,8-24H2,1-3,5-7H3/t26-,28?,29+,30?,31?,32?,33-,34?,35?,38+,39-/m1/s1. The lowest BCUT2D eigenvalue weighted by Crippen LogP contribution is -2.54. The van der Waals surface area contributed by atoms with E-state index in [1.807, 2.05) is 0 Å². The van der Waals surface area contributed by atoms with E-state index in [0.29, 0.717) is 29.3 Å². The number of fused-ring (bicyclic) bond motifs is 5. The van der Waals surface area contributed by atoms with E-state index in [1.165, 1.54) is 64.2 Å². The van der Waals surface area contributed by atoms with Crippen LogP contribution >= 0.6 is 0 Å². The topological polar surface area (TPSA) is 102 Å². The Hall–Kier alpha value is -1.44. The number of rotatable bonds is 16. The molecule has 0 aromatic carbocycles. The average molecular weight is 647 g/mol. The monoisotopic (exact) mass is 646 g/mol. The molecule has 0 saturated heterocycles. The maximum Gasteiger partial charge on any atom is 0.335 e. The molecule has 7 heteroatoms. The van der Waals surface area contributed by atoms with Gasteiger partial charge in [0.25, 0.3) is 0 Å². The van der Waals surface area contributed by atoms with Crippen LogP contribution in [0.1, 0.15) is 119 Å². The summed E-state index contributed by atoms with van der Waals surface area (Å²) in [7, 11) is 0. The highest BCUT2D eigenvalue weighted by Crippen LogP contribution is 2.68. The van der Waals surface area contributed by atoms with Gasteiger partial charge in [0.1, 0.15) is 19.3 Å². The van der Waals surface area contributed by atoms with Gasteiger partial charge in [0, 0.05) is 0 Å². The van der Waals surface area contributed by atoms with Gasteiger partial charge in [-0.3, -0.25) is 4.79 Å². The Balaban J connectivity index is 1.33. The second kappa shape index (κ2) is 16.3. The van der Waals surface area contributed by atoms with Gasteiger partial charge in [-0.2, -0.15) is 0 Å². The van der Waals surface area contributed by atoms with Crippen molar-refractivity contribution < 1.29 is 34.0 Å². The van der Waals surface area contributed by atoms with E-state index >= 15 is 0 Å². The van der Waals surface area contributed by atoms with Gasteiger partial charge in [-0.1, -0.05) is 60.5 Å². The summed E-state index contributed by atoms with van der Waals surface area (Å²) in [5, 5.41) is 18.5. The molecule has 4 fully saturated rings. The number of hydrogen-bond acceptors (Lipinski definition) is 7. The Kier molecular flexibility index (Phi) is 13.3. The number of carbonyl (C=O) groups excluding carboxylic acids is 2. The molecule has 4 aliphatic rings. The molecule has 264 valence electrons. The van der Waals surface area contributed by atoms with Crippen molar-refractivity contribution in [3.63, 3.8) is 0 Å². The maximum atomic E-state index is 12.2. The zero-order valence-corrected chi connectivity index (χ0v) is 29.9. The molecule has 0 heterocycles. The van der Waals surface area contributed by atoms with Gasteiger partial charge < -0.3 is 24.4 Å². The van der Waals surface area contributed by atoms with Gasteiger partial charge in [-0.15, -0.1) is 0 Å². The summed E-state index contributed by atoms with van der Waals surface area (Å²) < 4.78 is 17.0. The molecule has 0 bridgehead atoms. The molecule has 11 atom stereocenters. The summed E-state index contributed by atoms with van der Waals surface area (Å²) in [5.41, 5.74) is 0.892. The third kappa shape index (κ3) is 8.40. The van der Waals surface area contributed by atoms with Gasteiger partial charge in [-0.25, -0.2) is 4.79 Å². The maximum absolute atomic E-state index is 12.2. The van der Waals surface area contributed by atoms with Gasteiger partial charge in [-0.05, 0) is 123 Å². The Morgan fingerprint density at radius 1 is 0.870 bits per heavy atom. The van der Waals surface area contributed by atoms with E-state index in [4.69, 9.17) is 14.2 Å². The zero-order chi connectivity index (χ0) is 33.6. The van der Waals surface area contributed by atoms with Gasteiger partial charge in [0.2, 0.25) is 0 Å². The molecule has 0 radical (unpaired) electrons. The predicted octanol–water partition coefficient (Wildman–Crippen LogP) is 7.37. The van der Waals surface area contributed by atoms with Gasteiger partial charge in [0.15, 0.2) is 0 Å². The molecule has 7 nitrogen and oxygen atoms in total. The predicted molar refractivity (Wildman–Crippen MR) is 181 cm³/mol. The molecule has 0 aromatic heterocycles. The molecule has 6 unspecified atom stereocenters. The average Bonchev–Trinajstić information content (AvgIpc) is 3.40. The summed E-state index contributed by atoms with van der Waals surface area (Å²) in [6.45, 7) is 17.3. The first kappa shape index (κ1) is 37.4. The van der Waals surface area contributed by atoms with Crippen molar-refractivity contribution >= 4 is 11.9 Å². The van der Waals surface area contributed by atoms with Crippen LogP contribution < -0.4 is 0 Å². The third-order valence-electron chi connectivity index (χ3n) is 13.5. The fourth-order valence-corrected chi connectivity index (χ4v) is 10.7. The second-order valence-corrected chi connectivity index (χ2v) is 16.9. The Morgan fingerprint density at radius 3 is 2.26 bits per heavy atom. The normalized spacial score (nSPS) is 35.8. The Morgan fingerprint density at radius 2 is 1.57 bits per heavy atom. The minimum atomic E-state index is -0.686. The number of esters is 2. The number of ether oxygens (including phenoxy) is 3. The lowest BCUT2D eigenvalue weighted by Gasteiger charge is -2.61. The van der Waals surface area contributed by atoms with Crippen LogP contribution in [0.3, 0.4) is 0 Å². The lowest BCUT2D eigenvalue weighted by atomic mass is 9.44. The summed E-state index contributed by atoms with van der Waals surface area (Å²) in [6.07, 6.45) is 15.4. The zero-order valence-electron chi connectivity index (χ0n) is 29.9. The van der Waals surface area contributed by atoms with E-state index < -0.39 is 30.6 Å². The van der Waals surface area contributed by atoms with Crippen LogP contribution in [-0.4, -0.2) is 61.3 Å². The van der Waals surface area contributed by atoms with E-state index in [9.17, 15) is 19.8 Å². The fraction of sp³-hybridized carbons (Fsp3) is 0.897. The van der Waals surface area contributed by atoms with Crippen molar-refractivity contribution in [2.24, 2.45) is 64.1 Å². The molecular weight excluding hydrogens is 580 g/mol. The summed E-state index contributed by atoms with van der Waals surface area (Å²) >= 11 is 0. The molecule has 0 amide bonds. The quantitative estimate of drug-likeness (QED) is 0.133. The molecule has 0 spiro atoms. The molecule has 2 N–H and O–H groups in total. The van der Waals surface area contributed by atoms with E-state index in [1.54, 1.807) is 6.92 Å². The van der Waals surface area contributed by atoms with Crippen molar-refractivity contribution in [3.05, 3.63) is 12.2 Å². The molecule has 4 rings (SSSR count). The van der Waals surface area contributed by atoms with Crippen molar-refractivity contribution in [2.75, 3.05) is 33.0 Å². The first-order valence-electron chi connectivity index (χ1n) is 18.7. The molecule has 4 aliphatic carbocycles. The van der Waals surface area contributed by atoms with Crippen LogP contribution in [0, 0.1) is 64.1 Å². The summed E-state index contributed by atoms with van der Waals surface area (Å²) in [5.74, 6) is 4.45. The van der Waals surface area contributed by atoms with Crippen LogP contribution in [-0.2, 0) is 23.8 Å². The number of aliphatic hydroxyl groups is 2. The van der Waals surface area contributed by atoms with Crippen molar-refractivity contribution in [1.82, 2.24) is 0 Å². The van der Waals surface area contributed by atoms with Crippen molar-refractivity contribution in [2.45, 2.75) is 125 Å².